The zero-order chi connectivity index (χ0) is 12.5. The first-order valence-corrected chi connectivity index (χ1v) is 6.25. The Hall–Kier alpha value is -1.87. The molecule has 0 amide bonds. The van der Waals surface area contributed by atoms with Crippen molar-refractivity contribution in [3.8, 4) is 11.1 Å². The molecule has 2 heterocycles. The number of rotatable bonds is 1. The highest BCUT2D eigenvalue weighted by atomic mass is 15.1. The summed E-state index contributed by atoms with van der Waals surface area (Å²) in [6.45, 7) is 2.04. The number of hydrogen-bond acceptors (Lipinski definition) is 3. The molecular formula is C15H17N3. The van der Waals surface area contributed by atoms with Crippen LogP contribution in [0.5, 0.6) is 0 Å². The van der Waals surface area contributed by atoms with E-state index in [1.165, 1.54) is 22.3 Å². The number of pyridine rings is 1. The minimum atomic E-state index is 0.911. The lowest BCUT2D eigenvalue weighted by Crippen LogP contribution is -2.27. The highest BCUT2D eigenvalue weighted by Crippen LogP contribution is 2.32. The number of anilines is 1. The van der Waals surface area contributed by atoms with Crippen LogP contribution in [0.2, 0.25) is 0 Å². The van der Waals surface area contributed by atoms with E-state index in [0.717, 1.165) is 25.2 Å². The minimum absolute atomic E-state index is 0.911. The van der Waals surface area contributed by atoms with Gasteiger partial charge in [0, 0.05) is 31.2 Å². The summed E-state index contributed by atoms with van der Waals surface area (Å²) < 4.78 is 0. The van der Waals surface area contributed by atoms with Crippen LogP contribution in [-0.4, -0.2) is 23.5 Å². The molecule has 18 heavy (non-hydrogen) atoms. The molecule has 3 nitrogen and oxygen atoms in total. The van der Waals surface area contributed by atoms with E-state index in [0.29, 0.717) is 0 Å². The van der Waals surface area contributed by atoms with Gasteiger partial charge in [0.05, 0.1) is 0 Å². The molecule has 0 saturated carbocycles. The van der Waals surface area contributed by atoms with Crippen LogP contribution in [0.4, 0.5) is 5.69 Å². The molecule has 2 N–H and O–H groups in total. The van der Waals surface area contributed by atoms with Crippen molar-refractivity contribution in [3.63, 3.8) is 0 Å². The molecule has 0 bridgehead atoms. The maximum atomic E-state index is 6.11. The van der Waals surface area contributed by atoms with E-state index in [4.69, 9.17) is 5.73 Å². The Morgan fingerprint density at radius 3 is 2.67 bits per heavy atom. The normalized spacial score (nSPS) is 15.4. The number of hydrogen-bond donors (Lipinski definition) is 1. The second-order valence-corrected chi connectivity index (χ2v) is 4.88. The van der Waals surface area contributed by atoms with Gasteiger partial charge in [-0.2, -0.15) is 0 Å². The zero-order valence-electron chi connectivity index (χ0n) is 10.6. The van der Waals surface area contributed by atoms with Gasteiger partial charge in [0.2, 0.25) is 0 Å². The molecule has 3 heteroatoms. The monoisotopic (exact) mass is 239 g/mol. The van der Waals surface area contributed by atoms with Gasteiger partial charge in [0.15, 0.2) is 0 Å². The number of aromatic nitrogens is 1. The molecule has 0 fully saturated rings. The lowest BCUT2D eigenvalue weighted by Gasteiger charge is -2.28. The average Bonchev–Trinajstić information content (AvgIpc) is 2.41. The van der Waals surface area contributed by atoms with Crippen LogP contribution in [0, 0.1) is 0 Å². The fourth-order valence-electron chi connectivity index (χ4n) is 2.64. The SMILES string of the molecule is CN1CCc2c(-c3ccncc3)ccc(N)c2C1. The Labute approximate surface area is 107 Å². The van der Waals surface area contributed by atoms with Gasteiger partial charge in [0.1, 0.15) is 0 Å². The van der Waals surface area contributed by atoms with Gasteiger partial charge in [-0.3, -0.25) is 4.98 Å². The molecule has 1 aromatic carbocycles. The predicted molar refractivity (Wildman–Crippen MR) is 74.1 cm³/mol. The number of nitrogens with zero attached hydrogens (tertiary/aromatic N) is 2. The fraction of sp³-hybridized carbons (Fsp3) is 0.267. The van der Waals surface area contributed by atoms with E-state index in [2.05, 4.69) is 35.1 Å². The standard InChI is InChI=1S/C15H17N3/c1-18-9-6-13-12(11-4-7-17-8-5-11)2-3-15(16)14(13)10-18/h2-5,7-8H,6,9-10,16H2,1H3. The molecule has 1 aliphatic heterocycles. The van der Waals surface area contributed by atoms with Crippen LogP contribution in [0.1, 0.15) is 11.1 Å². The van der Waals surface area contributed by atoms with Gasteiger partial charge in [-0.15, -0.1) is 0 Å². The topological polar surface area (TPSA) is 42.2 Å². The van der Waals surface area contributed by atoms with Crippen molar-refractivity contribution in [3.05, 3.63) is 47.8 Å². The van der Waals surface area contributed by atoms with E-state index in [9.17, 15) is 0 Å². The lowest BCUT2D eigenvalue weighted by atomic mass is 9.90. The largest absolute Gasteiger partial charge is 0.398 e. The lowest BCUT2D eigenvalue weighted by molar-refractivity contribution is 0.314. The molecule has 0 aliphatic carbocycles. The molecule has 1 aromatic heterocycles. The van der Waals surface area contributed by atoms with E-state index in [-0.39, 0.29) is 0 Å². The number of nitrogen functional groups attached to an aromatic ring is 1. The third kappa shape index (κ3) is 1.87. The Morgan fingerprint density at radius 1 is 1.11 bits per heavy atom. The minimum Gasteiger partial charge on any atom is -0.398 e. The highest BCUT2D eigenvalue weighted by Gasteiger charge is 2.19. The van der Waals surface area contributed by atoms with E-state index >= 15 is 0 Å². The van der Waals surface area contributed by atoms with Crippen LogP contribution in [0.15, 0.2) is 36.7 Å². The Balaban J connectivity index is 2.15. The van der Waals surface area contributed by atoms with Crippen molar-refractivity contribution < 1.29 is 0 Å². The van der Waals surface area contributed by atoms with Gasteiger partial charge in [-0.25, -0.2) is 0 Å². The molecule has 92 valence electrons. The molecule has 2 aromatic rings. The van der Waals surface area contributed by atoms with Gasteiger partial charge in [0.25, 0.3) is 0 Å². The van der Waals surface area contributed by atoms with Gasteiger partial charge in [-0.05, 0) is 53.9 Å². The molecule has 1 aliphatic rings. The molecule has 3 rings (SSSR count). The summed E-state index contributed by atoms with van der Waals surface area (Å²) in [6, 6.07) is 8.27. The van der Waals surface area contributed by atoms with Gasteiger partial charge < -0.3 is 10.6 Å². The van der Waals surface area contributed by atoms with Crippen LogP contribution < -0.4 is 5.73 Å². The average molecular weight is 239 g/mol. The summed E-state index contributed by atoms with van der Waals surface area (Å²) >= 11 is 0. The van der Waals surface area contributed by atoms with E-state index in [1.54, 1.807) is 0 Å². The second-order valence-electron chi connectivity index (χ2n) is 4.88. The second kappa shape index (κ2) is 4.42. The maximum absolute atomic E-state index is 6.11. The van der Waals surface area contributed by atoms with E-state index in [1.807, 2.05) is 18.5 Å². The quantitative estimate of drug-likeness (QED) is 0.777. The number of benzene rings is 1. The van der Waals surface area contributed by atoms with Crippen molar-refractivity contribution in [2.24, 2.45) is 0 Å². The summed E-state index contributed by atoms with van der Waals surface area (Å²) in [5.74, 6) is 0. The fourth-order valence-corrected chi connectivity index (χ4v) is 2.64. The van der Waals surface area contributed by atoms with E-state index < -0.39 is 0 Å². The molecule has 0 radical (unpaired) electrons. The third-order valence-electron chi connectivity index (χ3n) is 3.63. The summed E-state index contributed by atoms with van der Waals surface area (Å²) in [6.07, 6.45) is 4.74. The number of fused-ring (bicyclic) bond motifs is 1. The maximum Gasteiger partial charge on any atom is 0.0362 e. The molecular weight excluding hydrogens is 222 g/mol. The molecule has 0 atom stereocenters. The molecule has 0 spiro atoms. The predicted octanol–water partition coefficient (Wildman–Crippen LogP) is 2.32. The van der Waals surface area contributed by atoms with Crippen molar-refractivity contribution in [1.82, 2.24) is 9.88 Å². The van der Waals surface area contributed by atoms with Crippen molar-refractivity contribution in [2.45, 2.75) is 13.0 Å². The summed E-state index contributed by atoms with van der Waals surface area (Å²) in [4.78, 5) is 6.39. The van der Waals surface area contributed by atoms with Crippen LogP contribution in [0.3, 0.4) is 0 Å². The summed E-state index contributed by atoms with van der Waals surface area (Å²) in [7, 11) is 2.14. The van der Waals surface area contributed by atoms with Crippen molar-refractivity contribution in [2.75, 3.05) is 19.3 Å². The number of likely N-dealkylation sites (N-methyl/N-ethyl adjacent to an activating group) is 1. The zero-order valence-corrected chi connectivity index (χ0v) is 10.6. The smallest absolute Gasteiger partial charge is 0.0362 e. The first-order valence-electron chi connectivity index (χ1n) is 6.25. The first kappa shape index (κ1) is 11.2. The Morgan fingerprint density at radius 2 is 1.89 bits per heavy atom. The summed E-state index contributed by atoms with van der Waals surface area (Å²) in [5.41, 5.74) is 12.2. The summed E-state index contributed by atoms with van der Waals surface area (Å²) in [5, 5.41) is 0. The van der Waals surface area contributed by atoms with Crippen LogP contribution >= 0.6 is 0 Å². The van der Waals surface area contributed by atoms with Gasteiger partial charge in [-0.1, -0.05) is 6.07 Å². The van der Waals surface area contributed by atoms with Crippen LogP contribution in [-0.2, 0) is 13.0 Å². The molecule has 0 unspecified atom stereocenters. The number of nitrogens with two attached hydrogens (primary N) is 1. The van der Waals surface area contributed by atoms with Crippen LogP contribution in [0.25, 0.3) is 11.1 Å². The van der Waals surface area contributed by atoms with Crippen molar-refractivity contribution >= 4 is 5.69 Å². The van der Waals surface area contributed by atoms with Gasteiger partial charge >= 0.3 is 0 Å². The highest BCUT2D eigenvalue weighted by molar-refractivity contribution is 5.72. The Bertz CT molecular complexity index is 563. The first-order chi connectivity index (χ1) is 8.75. The van der Waals surface area contributed by atoms with Crippen molar-refractivity contribution in [1.29, 1.82) is 0 Å². The molecule has 0 saturated heterocycles. The Kier molecular flexibility index (Phi) is 2.76. The third-order valence-corrected chi connectivity index (χ3v) is 3.63.